The van der Waals surface area contributed by atoms with Gasteiger partial charge in [-0.15, -0.1) is 35.3 Å². The molecule has 0 radical (unpaired) electrons. The van der Waals surface area contributed by atoms with Crippen LogP contribution >= 0.6 is 46.8 Å². The average molecular weight is 550 g/mol. The van der Waals surface area contributed by atoms with E-state index in [2.05, 4.69) is 64.5 Å². The minimum absolute atomic E-state index is 0. The largest absolute Gasteiger partial charge is 0.357 e. The number of aliphatic imine (C=N–C) groups is 1. The van der Waals surface area contributed by atoms with Crippen molar-refractivity contribution < 1.29 is 0 Å². The number of anilines is 1. The summed E-state index contributed by atoms with van der Waals surface area (Å²) in [6.45, 7) is 16.0. The van der Waals surface area contributed by atoms with Crippen LogP contribution in [0.3, 0.4) is 0 Å². The molecule has 0 bridgehead atoms. The van der Waals surface area contributed by atoms with Crippen LogP contribution in [0.5, 0.6) is 0 Å². The third kappa shape index (κ3) is 6.48. The number of piperazine rings is 1. The van der Waals surface area contributed by atoms with Crippen molar-refractivity contribution in [3.05, 3.63) is 21.9 Å². The Kier molecular flexibility index (Phi) is 9.08. The number of nitrogens with one attached hydrogen (secondary N) is 1. The normalized spacial score (nSPS) is 15.4. The molecule has 0 unspecified atom stereocenters. The van der Waals surface area contributed by atoms with E-state index in [1.54, 1.807) is 11.3 Å². The summed E-state index contributed by atoms with van der Waals surface area (Å²) in [7, 11) is 0. The summed E-state index contributed by atoms with van der Waals surface area (Å²) in [4.78, 5) is 18.9. The molecule has 1 aliphatic heterocycles. The highest BCUT2D eigenvalue weighted by Crippen LogP contribution is 2.26. The first-order chi connectivity index (χ1) is 13.4. The minimum atomic E-state index is 0. The quantitative estimate of drug-likeness (QED) is 0.348. The summed E-state index contributed by atoms with van der Waals surface area (Å²) < 4.78 is 4.41. The van der Waals surface area contributed by atoms with Crippen LogP contribution in [0.4, 0.5) is 5.13 Å². The Balaban J connectivity index is 0.00000300. The Morgan fingerprint density at radius 2 is 1.90 bits per heavy atom. The molecule has 3 heterocycles. The van der Waals surface area contributed by atoms with E-state index in [-0.39, 0.29) is 29.4 Å². The van der Waals surface area contributed by atoms with E-state index in [9.17, 15) is 0 Å². The number of aromatic nitrogens is 3. The maximum Gasteiger partial charge on any atom is 0.205 e. The Bertz CT molecular complexity index is 789. The predicted octanol–water partition coefficient (Wildman–Crippen LogP) is 3.76. The van der Waals surface area contributed by atoms with Crippen molar-refractivity contribution in [3.8, 4) is 0 Å². The number of nitrogens with zero attached hydrogens (tertiary/aromatic N) is 6. The standard InChI is InChI=1S/C19H31N7S2.HI/c1-6-15-23-18(28-24-15)26-10-8-25(9-11-26)17(20-7-2)21-12-14-13-27-16(22-14)19(3,4)5;/h13H,6-12H2,1-5H3,(H,20,21);1H. The maximum absolute atomic E-state index is 4.85. The predicted molar refractivity (Wildman–Crippen MR) is 134 cm³/mol. The zero-order valence-corrected chi connectivity index (χ0v) is 21.9. The lowest BCUT2D eigenvalue weighted by Crippen LogP contribution is -2.52. The van der Waals surface area contributed by atoms with Crippen molar-refractivity contribution in [3.63, 3.8) is 0 Å². The third-order valence-electron chi connectivity index (χ3n) is 4.54. The summed E-state index contributed by atoms with van der Waals surface area (Å²) in [6.07, 6.45) is 0.890. The van der Waals surface area contributed by atoms with Gasteiger partial charge >= 0.3 is 0 Å². The number of guanidine groups is 1. The lowest BCUT2D eigenvalue weighted by Gasteiger charge is -2.36. The Hall–Kier alpha value is -1.01. The van der Waals surface area contributed by atoms with Gasteiger partial charge in [0, 0.05) is 61.5 Å². The summed E-state index contributed by atoms with van der Waals surface area (Å²) >= 11 is 3.23. The van der Waals surface area contributed by atoms with E-state index in [0.29, 0.717) is 6.54 Å². The van der Waals surface area contributed by atoms with E-state index in [1.807, 2.05) is 0 Å². The van der Waals surface area contributed by atoms with Crippen LogP contribution in [0.2, 0.25) is 0 Å². The topological polar surface area (TPSA) is 69.5 Å². The molecule has 1 fully saturated rings. The molecule has 162 valence electrons. The molecule has 2 aromatic rings. The monoisotopic (exact) mass is 549 g/mol. The Labute approximate surface area is 199 Å². The number of hydrogen-bond donors (Lipinski definition) is 1. The molecule has 0 aromatic carbocycles. The Morgan fingerprint density at radius 3 is 2.45 bits per heavy atom. The van der Waals surface area contributed by atoms with Crippen LogP contribution in [-0.4, -0.2) is 57.9 Å². The summed E-state index contributed by atoms with van der Waals surface area (Å²) in [5.74, 6) is 1.91. The SMILES string of the molecule is CCNC(=NCc1csc(C(C)(C)C)n1)N1CCN(c2nc(CC)ns2)CC1.I. The average Bonchev–Trinajstić information content (AvgIpc) is 3.34. The highest BCUT2D eigenvalue weighted by molar-refractivity contribution is 14.0. The van der Waals surface area contributed by atoms with Crippen molar-refractivity contribution in [2.24, 2.45) is 4.99 Å². The number of thiazole rings is 1. The fraction of sp³-hybridized carbons (Fsp3) is 0.684. The number of aryl methyl sites for hydroxylation is 1. The van der Waals surface area contributed by atoms with E-state index in [0.717, 1.165) is 61.8 Å². The van der Waals surface area contributed by atoms with Crippen LogP contribution < -0.4 is 10.2 Å². The van der Waals surface area contributed by atoms with Gasteiger partial charge < -0.3 is 15.1 Å². The van der Waals surface area contributed by atoms with Crippen molar-refractivity contribution in [2.75, 3.05) is 37.6 Å². The molecule has 0 aliphatic carbocycles. The first-order valence-corrected chi connectivity index (χ1v) is 11.6. The molecule has 0 amide bonds. The van der Waals surface area contributed by atoms with Crippen LogP contribution in [0.1, 0.15) is 51.1 Å². The second-order valence-electron chi connectivity index (χ2n) is 7.88. The zero-order valence-electron chi connectivity index (χ0n) is 17.9. The molecular formula is C19H32IN7S2. The van der Waals surface area contributed by atoms with Crippen LogP contribution in [0.15, 0.2) is 10.4 Å². The van der Waals surface area contributed by atoms with E-state index in [1.165, 1.54) is 16.5 Å². The zero-order chi connectivity index (χ0) is 20.1. The molecule has 7 nitrogen and oxygen atoms in total. The molecule has 0 saturated carbocycles. The van der Waals surface area contributed by atoms with E-state index >= 15 is 0 Å². The molecule has 2 aromatic heterocycles. The van der Waals surface area contributed by atoms with Crippen LogP contribution in [0.25, 0.3) is 0 Å². The number of hydrogen-bond acceptors (Lipinski definition) is 7. The van der Waals surface area contributed by atoms with Gasteiger partial charge in [-0.3, -0.25) is 0 Å². The smallest absolute Gasteiger partial charge is 0.205 e. The van der Waals surface area contributed by atoms with Crippen molar-refractivity contribution in [1.29, 1.82) is 0 Å². The first kappa shape index (κ1) is 24.3. The van der Waals surface area contributed by atoms with Gasteiger partial charge in [-0.1, -0.05) is 27.7 Å². The molecule has 29 heavy (non-hydrogen) atoms. The van der Waals surface area contributed by atoms with Gasteiger partial charge in [0.05, 0.1) is 17.2 Å². The lowest BCUT2D eigenvalue weighted by atomic mass is 9.98. The van der Waals surface area contributed by atoms with Crippen molar-refractivity contribution in [2.45, 2.75) is 53.0 Å². The van der Waals surface area contributed by atoms with Gasteiger partial charge in [-0.05, 0) is 6.92 Å². The van der Waals surface area contributed by atoms with Crippen LogP contribution in [-0.2, 0) is 18.4 Å². The first-order valence-electron chi connectivity index (χ1n) is 9.96. The molecule has 0 atom stereocenters. The van der Waals surface area contributed by atoms with Gasteiger partial charge in [0.25, 0.3) is 0 Å². The van der Waals surface area contributed by atoms with Gasteiger partial charge in [-0.25, -0.2) is 15.0 Å². The fourth-order valence-corrected chi connectivity index (χ4v) is 4.63. The summed E-state index contributed by atoms with van der Waals surface area (Å²) in [6, 6.07) is 0. The van der Waals surface area contributed by atoms with Gasteiger partial charge in [-0.2, -0.15) is 4.37 Å². The van der Waals surface area contributed by atoms with Gasteiger partial charge in [0.1, 0.15) is 5.82 Å². The highest BCUT2D eigenvalue weighted by Gasteiger charge is 2.22. The number of rotatable bonds is 5. The Morgan fingerprint density at radius 1 is 1.17 bits per heavy atom. The fourth-order valence-electron chi connectivity index (χ4n) is 2.93. The second kappa shape index (κ2) is 10.9. The third-order valence-corrected chi connectivity index (χ3v) is 6.67. The second-order valence-corrected chi connectivity index (χ2v) is 9.47. The molecule has 0 spiro atoms. The molecule has 3 rings (SSSR count). The summed E-state index contributed by atoms with van der Waals surface area (Å²) in [5.41, 5.74) is 1.14. The molecule has 1 N–H and O–H groups in total. The molecular weight excluding hydrogens is 517 g/mol. The van der Waals surface area contributed by atoms with Gasteiger partial charge in [0.2, 0.25) is 5.13 Å². The molecule has 1 aliphatic rings. The maximum atomic E-state index is 4.85. The number of halogens is 1. The minimum Gasteiger partial charge on any atom is -0.357 e. The van der Waals surface area contributed by atoms with Gasteiger partial charge in [0.15, 0.2) is 5.96 Å². The molecule has 10 heteroatoms. The lowest BCUT2D eigenvalue weighted by molar-refractivity contribution is 0.372. The van der Waals surface area contributed by atoms with Crippen LogP contribution in [0, 0.1) is 0 Å². The van der Waals surface area contributed by atoms with Crippen molar-refractivity contribution in [1.82, 2.24) is 24.6 Å². The molecule has 1 saturated heterocycles. The summed E-state index contributed by atoms with van der Waals surface area (Å²) in [5, 5.41) is 7.77. The van der Waals surface area contributed by atoms with E-state index < -0.39 is 0 Å². The van der Waals surface area contributed by atoms with Crippen molar-refractivity contribution >= 4 is 57.9 Å². The van der Waals surface area contributed by atoms with E-state index in [4.69, 9.17) is 9.98 Å². The highest BCUT2D eigenvalue weighted by atomic mass is 127.